The normalized spacial score (nSPS) is 11.0. The van der Waals surface area contributed by atoms with Crippen molar-refractivity contribution >= 4 is 33.3 Å². The van der Waals surface area contributed by atoms with E-state index in [0.29, 0.717) is 12.3 Å². The fraction of sp³-hybridized carbons (Fsp3) is 0.136. The van der Waals surface area contributed by atoms with Gasteiger partial charge in [-0.05, 0) is 35.0 Å². The first-order valence-corrected chi connectivity index (χ1v) is 8.68. The van der Waals surface area contributed by atoms with Gasteiger partial charge in [0.15, 0.2) is 5.76 Å². The lowest BCUT2D eigenvalue weighted by molar-refractivity contribution is 0.0929. The van der Waals surface area contributed by atoms with E-state index in [1.807, 2.05) is 73.8 Å². The van der Waals surface area contributed by atoms with Crippen LogP contribution >= 0.6 is 0 Å². The van der Waals surface area contributed by atoms with Gasteiger partial charge in [-0.15, -0.1) is 0 Å². The first-order valence-electron chi connectivity index (χ1n) is 8.68. The summed E-state index contributed by atoms with van der Waals surface area (Å²) in [4.78, 5) is 14.5. The van der Waals surface area contributed by atoms with Gasteiger partial charge in [-0.25, -0.2) is 0 Å². The van der Waals surface area contributed by atoms with E-state index in [0.717, 1.165) is 34.0 Å². The van der Waals surface area contributed by atoms with Crippen molar-refractivity contribution < 1.29 is 9.21 Å². The number of furan rings is 1. The van der Waals surface area contributed by atoms with Crippen LogP contribution < -0.4 is 10.2 Å². The van der Waals surface area contributed by atoms with Gasteiger partial charge in [0.1, 0.15) is 5.58 Å². The van der Waals surface area contributed by atoms with Crippen molar-refractivity contribution in [2.24, 2.45) is 0 Å². The Morgan fingerprint density at radius 1 is 0.962 bits per heavy atom. The number of carbonyl (C=O) groups is 1. The Labute approximate surface area is 152 Å². The maximum Gasteiger partial charge on any atom is 0.287 e. The highest BCUT2D eigenvalue weighted by Crippen LogP contribution is 2.28. The number of benzene rings is 3. The van der Waals surface area contributed by atoms with Crippen molar-refractivity contribution in [2.75, 3.05) is 25.0 Å². The van der Waals surface area contributed by atoms with Gasteiger partial charge in [-0.1, -0.05) is 48.5 Å². The highest BCUT2D eigenvalue weighted by molar-refractivity contribution is 6.08. The fourth-order valence-corrected chi connectivity index (χ4v) is 3.14. The third kappa shape index (κ3) is 3.14. The second-order valence-electron chi connectivity index (χ2n) is 6.32. The Hall–Kier alpha value is -3.27. The summed E-state index contributed by atoms with van der Waals surface area (Å²) in [5.74, 6) is 0.158. The largest absolute Gasteiger partial charge is 0.451 e. The van der Waals surface area contributed by atoms with Gasteiger partial charge in [0, 0.05) is 31.2 Å². The molecule has 26 heavy (non-hydrogen) atoms. The summed E-state index contributed by atoms with van der Waals surface area (Å²) in [6, 6.07) is 23.9. The number of para-hydroxylation sites is 1. The van der Waals surface area contributed by atoms with Gasteiger partial charge in [0.2, 0.25) is 0 Å². The number of hydrogen-bond donors (Lipinski definition) is 1. The molecule has 0 saturated carbocycles. The van der Waals surface area contributed by atoms with Crippen LogP contribution in [0, 0.1) is 0 Å². The molecule has 0 radical (unpaired) electrons. The van der Waals surface area contributed by atoms with Crippen molar-refractivity contribution in [3.05, 3.63) is 78.6 Å². The van der Waals surface area contributed by atoms with Crippen LogP contribution in [-0.2, 0) is 0 Å². The molecule has 1 amide bonds. The zero-order valence-corrected chi connectivity index (χ0v) is 14.6. The quantitative estimate of drug-likeness (QED) is 0.582. The molecule has 1 aromatic heterocycles. The Morgan fingerprint density at radius 2 is 1.73 bits per heavy atom. The van der Waals surface area contributed by atoms with E-state index in [9.17, 15) is 4.79 Å². The van der Waals surface area contributed by atoms with Crippen molar-refractivity contribution in [3.8, 4) is 0 Å². The molecule has 0 fully saturated rings. The predicted octanol–water partition coefficient (Wildman–Crippen LogP) is 4.45. The lowest BCUT2D eigenvalue weighted by Gasteiger charge is -2.19. The molecule has 1 heterocycles. The molecule has 0 bridgehead atoms. The fourth-order valence-electron chi connectivity index (χ4n) is 3.14. The molecule has 3 aromatic carbocycles. The van der Waals surface area contributed by atoms with Crippen LogP contribution in [0.1, 0.15) is 10.6 Å². The highest BCUT2D eigenvalue weighted by atomic mass is 16.3. The molecular formula is C22H20N2O2. The van der Waals surface area contributed by atoms with Gasteiger partial charge in [-0.3, -0.25) is 4.79 Å². The Morgan fingerprint density at radius 3 is 2.58 bits per heavy atom. The third-order valence-electron chi connectivity index (χ3n) is 4.58. The number of anilines is 1. The van der Waals surface area contributed by atoms with Gasteiger partial charge >= 0.3 is 0 Å². The van der Waals surface area contributed by atoms with Crippen LogP contribution in [0.3, 0.4) is 0 Å². The molecule has 130 valence electrons. The van der Waals surface area contributed by atoms with Crippen LogP contribution in [0.25, 0.3) is 21.7 Å². The number of likely N-dealkylation sites (N-methyl/N-ethyl adjacent to an activating group) is 1. The molecular weight excluding hydrogens is 324 g/mol. The van der Waals surface area contributed by atoms with Crippen LogP contribution in [0.4, 0.5) is 5.69 Å². The molecule has 4 heteroatoms. The smallest absolute Gasteiger partial charge is 0.287 e. The van der Waals surface area contributed by atoms with E-state index in [-0.39, 0.29) is 5.91 Å². The lowest BCUT2D eigenvalue weighted by atomic mass is 10.1. The number of nitrogens with zero attached hydrogens (tertiary/aromatic N) is 1. The average Bonchev–Trinajstić information content (AvgIpc) is 3.13. The van der Waals surface area contributed by atoms with Crippen molar-refractivity contribution in [3.63, 3.8) is 0 Å². The van der Waals surface area contributed by atoms with E-state index in [1.54, 1.807) is 0 Å². The molecule has 0 saturated heterocycles. The van der Waals surface area contributed by atoms with Crippen LogP contribution in [-0.4, -0.2) is 26.0 Å². The van der Waals surface area contributed by atoms with E-state index in [2.05, 4.69) is 16.3 Å². The molecule has 4 rings (SSSR count). The summed E-state index contributed by atoms with van der Waals surface area (Å²) in [5.41, 5.74) is 1.85. The molecule has 0 aliphatic heterocycles. The van der Waals surface area contributed by atoms with Crippen molar-refractivity contribution in [1.82, 2.24) is 5.32 Å². The molecule has 1 N–H and O–H groups in total. The standard InChI is InChI=1S/C22H20N2O2/c1-24(17-8-3-2-4-9-17)14-13-23-22(25)21-15-19-18-10-6-5-7-16(18)11-12-20(19)26-21/h2-12,15H,13-14H2,1H3,(H,23,25). The molecule has 0 spiro atoms. The first-order chi connectivity index (χ1) is 12.7. The Kier molecular flexibility index (Phi) is 4.32. The minimum absolute atomic E-state index is 0.188. The maximum atomic E-state index is 12.4. The molecule has 0 unspecified atom stereocenters. The van der Waals surface area contributed by atoms with E-state index < -0.39 is 0 Å². The summed E-state index contributed by atoms with van der Waals surface area (Å²) in [6.07, 6.45) is 0. The summed E-state index contributed by atoms with van der Waals surface area (Å²) < 4.78 is 5.75. The van der Waals surface area contributed by atoms with Gasteiger partial charge < -0.3 is 14.6 Å². The number of rotatable bonds is 5. The van der Waals surface area contributed by atoms with Gasteiger partial charge in [0.05, 0.1) is 0 Å². The number of amides is 1. The van der Waals surface area contributed by atoms with Crippen LogP contribution in [0.5, 0.6) is 0 Å². The number of fused-ring (bicyclic) bond motifs is 3. The van der Waals surface area contributed by atoms with Crippen LogP contribution in [0.2, 0.25) is 0 Å². The molecule has 0 atom stereocenters. The summed E-state index contributed by atoms with van der Waals surface area (Å²) in [6.45, 7) is 1.26. The second-order valence-corrected chi connectivity index (χ2v) is 6.32. The predicted molar refractivity (Wildman–Crippen MR) is 106 cm³/mol. The van der Waals surface area contributed by atoms with Gasteiger partial charge in [0.25, 0.3) is 5.91 Å². The number of nitrogens with one attached hydrogen (secondary N) is 1. The SMILES string of the molecule is CN(CCNC(=O)c1cc2c(ccc3ccccc32)o1)c1ccccc1. The maximum absolute atomic E-state index is 12.4. The van der Waals surface area contributed by atoms with E-state index in [4.69, 9.17) is 4.42 Å². The molecule has 4 nitrogen and oxygen atoms in total. The third-order valence-corrected chi connectivity index (χ3v) is 4.58. The lowest BCUT2D eigenvalue weighted by Crippen LogP contribution is -2.32. The zero-order valence-electron chi connectivity index (χ0n) is 14.6. The van der Waals surface area contributed by atoms with Crippen molar-refractivity contribution in [1.29, 1.82) is 0 Å². The summed E-state index contributed by atoms with van der Waals surface area (Å²) in [5, 5.41) is 6.13. The van der Waals surface area contributed by atoms with Crippen LogP contribution in [0.15, 0.2) is 77.2 Å². The zero-order chi connectivity index (χ0) is 17.9. The average molecular weight is 344 g/mol. The highest BCUT2D eigenvalue weighted by Gasteiger charge is 2.13. The van der Waals surface area contributed by atoms with Crippen molar-refractivity contribution in [2.45, 2.75) is 0 Å². The van der Waals surface area contributed by atoms with Gasteiger partial charge in [-0.2, -0.15) is 0 Å². The minimum Gasteiger partial charge on any atom is -0.451 e. The first kappa shape index (κ1) is 16.2. The number of carbonyl (C=O) groups excluding carboxylic acids is 1. The topological polar surface area (TPSA) is 45.5 Å². The molecule has 0 aliphatic carbocycles. The molecule has 4 aromatic rings. The summed E-state index contributed by atoms with van der Waals surface area (Å²) >= 11 is 0. The van der Waals surface area contributed by atoms with E-state index >= 15 is 0 Å². The second kappa shape index (κ2) is 6.92. The van der Waals surface area contributed by atoms with E-state index in [1.165, 1.54) is 0 Å². The summed E-state index contributed by atoms with van der Waals surface area (Å²) in [7, 11) is 2.01. The minimum atomic E-state index is -0.188. The number of hydrogen-bond acceptors (Lipinski definition) is 3. The Balaban J connectivity index is 1.46. The Bertz CT molecular complexity index is 1050. The monoisotopic (exact) mass is 344 g/mol. The molecule has 0 aliphatic rings.